The molecule has 1 aliphatic carbocycles. The lowest BCUT2D eigenvalue weighted by Gasteiger charge is -2.23. The monoisotopic (exact) mass is 259 g/mol. The van der Waals surface area contributed by atoms with Crippen molar-refractivity contribution >= 4 is 0 Å². The van der Waals surface area contributed by atoms with E-state index >= 15 is 0 Å². The van der Waals surface area contributed by atoms with Crippen LogP contribution in [-0.2, 0) is 0 Å². The van der Waals surface area contributed by atoms with E-state index in [1.807, 2.05) is 0 Å². The Hall–Kier alpha value is -0.820. The molecule has 1 nitrogen and oxygen atoms in total. The van der Waals surface area contributed by atoms with Crippen molar-refractivity contribution in [2.24, 2.45) is 5.92 Å². The van der Waals surface area contributed by atoms with Gasteiger partial charge in [-0.05, 0) is 62.6 Å². The van der Waals surface area contributed by atoms with E-state index < -0.39 is 0 Å². The molecular formula is C18H29N. The fourth-order valence-corrected chi connectivity index (χ4v) is 3.14. The van der Waals surface area contributed by atoms with Crippen LogP contribution in [0.15, 0.2) is 18.2 Å². The summed E-state index contributed by atoms with van der Waals surface area (Å²) in [6, 6.07) is 8.04. The van der Waals surface area contributed by atoms with E-state index in [4.69, 9.17) is 0 Å². The second kappa shape index (κ2) is 6.56. The van der Waals surface area contributed by atoms with Gasteiger partial charge in [-0.2, -0.15) is 0 Å². The van der Waals surface area contributed by atoms with Gasteiger partial charge in [0.25, 0.3) is 0 Å². The molecule has 0 aromatic heterocycles. The number of rotatable bonds is 3. The lowest BCUT2D eigenvalue weighted by atomic mass is 10.00. The lowest BCUT2D eigenvalue weighted by molar-refractivity contribution is 0.408. The van der Waals surface area contributed by atoms with E-state index in [-0.39, 0.29) is 0 Å². The molecule has 1 saturated carbocycles. The summed E-state index contributed by atoms with van der Waals surface area (Å²) in [5.41, 5.74) is 4.22. The zero-order valence-corrected chi connectivity index (χ0v) is 13.0. The topological polar surface area (TPSA) is 12.0 Å². The van der Waals surface area contributed by atoms with Crippen LogP contribution in [0.5, 0.6) is 0 Å². The molecule has 0 radical (unpaired) electrons. The first kappa shape index (κ1) is 14.6. The van der Waals surface area contributed by atoms with Gasteiger partial charge >= 0.3 is 0 Å². The van der Waals surface area contributed by atoms with E-state index in [2.05, 4.69) is 51.2 Å². The van der Waals surface area contributed by atoms with Crippen molar-refractivity contribution in [2.75, 3.05) is 0 Å². The van der Waals surface area contributed by atoms with Gasteiger partial charge in [0.05, 0.1) is 0 Å². The van der Waals surface area contributed by atoms with Gasteiger partial charge in [-0.1, -0.05) is 38.0 Å². The van der Waals surface area contributed by atoms with Crippen LogP contribution < -0.4 is 5.32 Å². The third-order valence-corrected chi connectivity index (χ3v) is 4.77. The summed E-state index contributed by atoms with van der Waals surface area (Å²) >= 11 is 0. The Morgan fingerprint density at radius 1 is 1.05 bits per heavy atom. The zero-order chi connectivity index (χ0) is 13.8. The number of hydrogen-bond acceptors (Lipinski definition) is 1. The highest BCUT2D eigenvalue weighted by molar-refractivity contribution is 5.31. The number of aryl methyl sites for hydroxylation is 2. The summed E-state index contributed by atoms with van der Waals surface area (Å²) in [4.78, 5) is 0. The maximum absolute atomic E-state index is 3.84. The quantitative estimate of drug-likeness (QED) is 0.759. The molecule has 1 heteroatoms. The van der Waals surface area contributed by atoms with E-state index in [9.17, 15) is 0 Å². The highest BCUT2D eigenvalue weighted by Gasteiger charge is 2.18. The smallest absolute Gasteiger partial charge is 0.0294 e. The van der Waals surface area contributed by atoms with Crippen LogP contribution >= 0.6 is 0 Å². The van der Waals surface area contributed by atoms with Crippen molar-refractivity contribution in [1.82, 2.24) is 5.32 Å². The average molecular weight is 259 g/mol. The molecule has 0 saturated heterocycles. The first-order valence-corrected chi connectivity index (χ1v) is 7.89. The summed E-state index contributed by atoms with van der Waals surface area (Å²) < 4.78 is 0. The van der Waals surface area contributed by atoms with E-state index in [1.54, 1.807) is 0 Å². The van der Waals surface area contributed by atoms with Gasteiger partial charge in [0, 0.05) is 12.1 Å². The molecule has 0 bridgehead atoms. The minimum atomic E-state index is 0.470. The third kappa shape index (κ3) is 4.07. The Morgan fingerprint density at radius 2 is 1.84 bits per heavy atom. The normalized spacial score (nSPS) is 25.9. The Bertz CT molecular complexity index is 410. The molecular weight excluding hydrogens is 230 g/mol. The Labute approximate surface area is 118 Å². The van der Waals surface area contributed by atoms with Gasteiger partial charge < -0.3 is 5.32 Å². The molecule has 0 heterocycles. The summed E-state index contributed by atoms with van der Waals surface area (Å²) in [6.07, 6.45) is 6.88. The lowest BCUT2D eigenvalue weighted by Crippen LogP contribution is -2.31. The van der Waals surface area contributed by atoms with Gasteiger partial charge in [-0.25, -0.2) is 0 Å². The van der Waals surface area contributed by atoms with Crippen molar-refractivity contribution < 1.29 is 0 Å². The first-order valence-electron chi connectivity index (χ1n) is 7.89. The van der Waals surface area contributed by atoms with Gasteiger partial charge in [-0.3, -0.25) is 0 Å². The van der Waals surface area contributed by atoms with Crippen molar-refractivity contribution in [3.63, 3.8) is 0 Å². The second-order valence-corrected chi connectivity index (χ2v) is 6.54. The van der Waals surface area contributed by atoms with Gasteiger partial charge in [0.1, 0.15) is 0 Å². The molecule has 3 atom stereocenters. The number of nitrogens with one attached hydrogen (secondary N) is 1. The highest BCUT2D eigenvalue weighted by Crippen LogP contribution is 2.25. The summed E-state index contributed by atoms with van der Waals surface area (Å²) in [5, 5.41) is 3.84. The van der Waals surface area contributed by atoms with Crippen LogP contribution in [0.2, 0.25) is 0 Å². The van der Waals surface area contributed by atoms with E-state index in [0.29, 0.717) is 12.1 Å². The maximum Gasteiger partial charge on any atom is 0.0294 e. The molecule has 1 aromatic carbocycles. The molecule has 1 N–H and O–H groups in total. The Balaban J connectivity index is 1.96. The zero-order valence-electron chi connectivity index (χ0n) is 13.0. The van der Waals surface area contributed by atoms with Crippen LogP contribution in [0.1, 0.15) is 68.7 Å². The molecule has 1 aromatic rings. The second-order valence-electron chi connectivity index (χ2n) is 6.54. The fourth-order valence-electron chi connectivity index (χ4n) is 3.14. The van der Waals surface area contributed by atoms with Crippen LogP contribution in [0.4, 0.5) is 0 Å². The maximum atomic E-state index is 3.84. The summed E-state index contributed by atoms with van der Waals surface area (Å²) in [5.74, 6) is 0.920. The van der Waals surface area contributed by atoms with Crippen molar-refractivity contribution in [3.05, 3.63) is 34.9 Å². The van der Waals surface area contributed by atoms with Crippen LogP contribution in [0.25, 0.3) is 0 Å². The van der Waals surface area contributed by atoms with Crippen LogP contribution in [0, 0.1) is 19.8 Å². The number of benzene rings is 1. The average Bonchev–Trinajstić information content (AvgIpc) is 2.58. The van der Waals surface area contributed by atoms with E-state index in [0.717, 1.165) is 5.92 Å². The minimum Gasteiger partial charge on any atom is -0.307 e. The van der Waals surface area contributed by atoms with Crippen molar-refractivity contribution in [1.29, 1.82) is 0 Å². The third-order valence-electron chi connectivity index (χ3n) is 4.77. The van der Waals surface area contributed by atoms with Crippen LogP contribution in [-0.4, -0.2) is 6.04 Å². The van der Waals surface area contributed by atoms with Crippen molar-refractivity contribution in [3.8, 4) is 0 Å². The molecule has 19 heavy (non-hydrogen) atoms. The molecule has 0 amide bonds. The van der Waals surface area contributed by atoms with Gasteiger partial charge in [0.2, 0.25) is 0 Å². The predicted molar refractivity (Wildman–Crippen MR) is 83.5 cm³/mol. The van der Waals surface area contributed by atoms with Crippen molar-refractivity contribution in [2.45, 2.75) is 71.9 Å². The first-order chi connectivity index (χ1) is 9.06. The Morgan fingerprint density at radius 3 is 2.58 bits per heavy atom. The fraction of sp³-hybridized carbons (Fsp3) is 0.667. The molecule has 106 valence electrons. The molecule has 3 unspecified atom stereocenters. The summed E-state index contributed by atoms with van der Waals surface area (Å²) in [6.45, 7) is 9.09. The van der Waals surface area contributed by atoms with E-state index in [1.165, 1.54) is 48.8 Å². The molecule has 1 fully saturated rings. The minimum absolute atomic E-state index is 0.470. The highest BCUT2D eigenvalue weighted by atomic mass is 14.9. The largest absolute Gasteiger partial charge is 0.307 e. The SMILES string of the molecule is Cc1ccc(C(C)NC2CCCC(C)CC2)cc1C. The van der Waals surface area contributed by atoms with Gasteiger partial charge in [-0.15, -0.1) is 0 Å². The molecule has 0 aliphatic heterocycles. The standard InChI is InChI=1S/C18H29N/c1-13-6-5-7-18(11-8-13)19-16(4)17-10-9-14(2)15(3)12-17/h9-10,12-13,16,18-19H,5-8,11H2,1-4H3. The summed E-state index contributed by atoms with van der Waals surface area (Å²) in [7, 11) is 0. The van der Waals surface area contributed by atoms with Crippen LogP contribution in [0.3, 0.4) is 0 Å². The van der Waals surface area contributed by atoms with Gasteiger partial charge in [0.15, 0.2) is 0 Å². The predicted octanol–water partition coefficient (Wildman–Crippen LogP) is 4.92. The number of hydrogen-bond donors (Lipinski definition) is 1. The molecule has 1 aliphatic rings. The molecule has 2 rings (SSSR count). The Kier molecular flexibility index (Phi) is 5.04. The molecule has 0 spiro atoms.